The predicted octanol–water partition coefficient (Wildman–Crippen LogP) is -3.75. The third kappa shape index (κ3) is 17.4. The number of amides is 9. The Balaban J connectivity index is 1.21. The number of aliphatic carboxylic acids is 1. The number of carbonyl (C=O) groups excluding carboxylic acids is 7. The second-order valence-corrected chi connectivity index (χ2v) is 18.6. The molecule has 7 atom stereocenters. The number of carboxylic acids is 1. The standard InChI is InChI=1S/C48H73N17O11/c49-32(16-7-20-54-45(50)51)42(71)64-24-11-25-65(64)48(76)62-23-10-18-36(62)40(69)56-27-38(67)60-63(28-31-14-5-2-6-15-31)47(75)59-35(29-66)43(72)61-22-9-19-37(61)41(70)58-34(26-30-12-3-1-4-13-30)39(68)57-33(44(73)74)17-8-21-55-46(52)53/h1-6,12-15,32-37,40,56,66,69H,7-11,16-29,49H2,(H,57,68)(H,58,70)(H,59,75)(H,60,67)(H,73,74)(H4,50,51,54)(H4,52,53,55)/t32-,33+,34-,35-,36-,37-,40?/m0/s1. The van der Waals surface area contributed by atoms with E-state index in [1.165, 1.54) is 19.8 Å². The molecule has 2 aromatic carbocycles. The van der Waals surface area contributed by atoms with Crippen LogP contribution < -0.4 is 55.4 Å². The first-order valence-corrected chi connectivity index (χ1v) is 25.3. The Morgan fingerprint density at radius 3 is 1.93 bits per heavy atom. The quantitative estimate of drug-likeness (QED) is 0.0149. The fraction of sp³-hybridized carbons (Fsp3) is 0.542. The summed E-state index contributed by atoms with van der Waals surface area (Å²) >= 11 is 0. The van der Waals surface area contributed by atoms with Crippen molar-refractivity contribution < 1.29 is 53.7 Å². The highest BCUT2D eigenvalue weighted by molar-refractivity contribution is 5.96. The van der Waals surface area contributed by atoms with E-state index in [1.807, 2.05) is 0 Å². The van der Waals surface area contributed by atoms with E-state index in [-0.39, 0.29) is 89.8 Å². The number of nitrogens with zero attached hydrogens (tertiary/aromatic N) is 7. The van der Waals surface area contributed by atoms with Gasteiger partial charge in [0.25, 0.3) is 11.8 Å². The number of aliphatic imine (C=N–C) groups is 2. The second kappa shape index (κ2) is 29.3. The molecule has 416 valence electrons. The van der Waals surface area contributed by atoms with E-state index in [1.54, 1.807) is 60.7 Å². The van der Waals surface area contributed by atoms with Crippen molar-refractivity contribution in [2.75, 3.05) is 52.4 Å². The number of hydrazine groups is 2. The molecule has 9 amide bonds. The molecule has 3 fully saturated rings. The summed E-state index contributed by atoms with van der Waals surface area (Å²) in [7, 11) is 0. The van der Waals surface area contributed by atoms with Gasteiger partial charge in [-0.25, -0.2) is 29.4 Å². The van der Waals surface area contributed by atoms with Crippen LogP contribution >= 0.6 is 0 Å². The topological polar surface area (TPSA) is 428 Å². The van der Waals surface area contributed by atoms with Gasteiger partial charge in [0.2, 0.25) is 17.7 Å². The van der Waals surface area contributed by atoms with Gasteiger partial charge in [0.05, 0.1) is 31.8 Å². The Hall–Kier alpha value is -7.82. The lowest BCUT2D eigenvalue weighted by molar-refractivity contribution is -0.143. The van der Waals surface area contributed by atoms with Gasteiger partial charge < -0.3 is 69.7 Å². The highest BCUT2D eigenvalue weighted by Gasteiger charge is 2.42. The maximum atomic E-state index is 14.1. The number of nitrogens with one attached hydrogen (secondary N) is 5. The summed E-state index contributed by atoms with van der Waals surface area (Å²) in [6.45, 7) is -0.451. The molecule has 0 aliphatic carbocycles. The fourth-order valence-corrected chi connectivity index (χ4v) is 9.11. The highest BCUT2D eigenvalue weighted by atomic mass is 16.4. The smallest absolute Gasteiger partial charge is 0.339 e. The van der Waals surface area contributed by atoms with E-state index in [2.05, 4.69) is 36.7 Å². The average Bonchev–Trinajstić information content (AvgIpc) is 4.22. The van der Waals surface area contributed by atoms with Crippen LogP contribution in [0.5, 0.6) is 0 Å². The number of hydrogen-bond donors (Lipinski definition) is 13. The lowest BCUT2D eigenvalue weighted by Crippen LogP contribution is -2.60. The van der Waals surface area contributed by atoms with Crippen LogP contribution in [0.2, 0.25) is 0 Å². The van der Waals surface area contributed by atoms with Gasteiger partial charge in [-0.15, -0.1) is 0 Å². The number of rotatable bonds is 25. The normalized spacial score (nSPS) is 18.1. The van der Waals surface area contributed by atoms with Crippen LogP contribution in [0.15, 0.2) is 70.6 Å². The van der Waals surface area contributed by atoms with Crippen molar-refractivity contribution in [1.82, 2.24) is 51.5 Å². The Morgan fingerprint density at radius 2 is 1.30 bits per heavy atom. The Labute approximate surface area is 439 Å². The van der Waals surface area contributed by atoms with Crippen molar-refractivity contribution in [2.24, 2.45) is 38.7 Å². The summed E-state index contributed by atoms with van der Waals surface area (Å²) in [6.07, 6.45) is 1.38. The molecule has 18 N–H and O–H groups in total. The van der Waals surface area contributed by atoms with E-state index in [0.29, 0.717) is 43.2 Å². The number of likely N-dealkylation sites (tertiary alicyclic amines) is 2. The van der Waals surface area contributed by atoms with Crippen LogP contribution in [0.3, 0.4) is 0 Å². The Bertz CT molecular complexity index is 2360. The van der Waals surface area contributed by atoms with Gasteiger partial charge in [-0.3, -0.25) is 44.7 Å². The molecule has 3 aliphatic rings. The molecule has 0 radical (unpaired) electrons. The number of nitrogens with two attached hydrogens (primary N) is 5. The van der Waals surface area contributed by atoms with Crippen molar-refractivity contribution in [3.05, 3.63) is 71.8 Å². The number of hydrogen-bond acceptors (Lipinski definition) is 14. The third-order valence-corrected chi connectivity index (χ3v) is 13.0. The van der Waals surface area contributed by atoms with E-state index in [4.69, 9.17) is 28.7 Å². The van der Waals surface area contributed by atoms with Gasteiger partial charge in [-0.2, -0.15) is 0 Å². The van der Waals surface area contributed by atoms with E-state index < -0.39 is 103 Å². The molecular formula is C48H73N17O11. The minimum absolute atomic E-state index is 0.0222. The third-order valence-electron chi connectivity index (χ3n) is 13.0. The van der Waals surface area contributed by atoms with Gasteiger partial charge >= 0.3 is 18.0 Å². The molecular weight excluding hydrogens is 991 g/mol. The summed E-state index contributed by atoms with van der Waals surface area (Å²) in [4.78, 5) is 119. The van der Waals surface area contributed by atoms with E-state index in [0.717, 1.165) is 5.01 Å². The van der Waals surface area contributed by atoms with Crippen molar-refractivity contribution in [3.8, 4) is 0 Å². The minimum Gasteiger partial charge on any atom is -0.480 e. The predicted molar refractivity (Wildman–Crippen MR) is 276 cm³/mol. The van der Waals surface area contributed by atoms with Gasteiger partial charge in [-0.1, -0.05) is 60.7 Å². The van der Waals surface area contributed by atoms with Crippen molar-refractivity contribution in [3.63, 3.8) is 0 Å². The molecule has 2 aromatic rings. The van der Waals surface area contributed by atoms with Gasteiger partial charge in [-0.05, 0) is 68.9 Å². The zero-order valence-corrected chi connectivity index (χ0v) is 42.4. The molecule has 0 saturated carbocycles. The van der Waals surface area contributed by atoms with Gasteiger partial charge in [0.15, 0.2) is 11.9 Å². The molecule has 5 rings (SSSR count). The SMILES string of the molecule is NC(N)=NCCC[C@H](N)C(=O)N1CCCN1C(=O)N1CCC[C@H]1C(O)NCC(=O)NN(Cc1ccccc1)C(=O)N[C@@H](CO)C(=O)N1CCC[C@H]1C(=O)N[C@@H](Cc1ccccc1)C(=O)N[C@H](CCCN=C(N)N)C(=O)O. The monoisotopic (exact) mass is 1060 g/mol. The lowest BCUT2D eigenvalue weighted by atomic mass is 10.0. The van der Waals surface area contributed by atoms with Crippen LogP contribution in [0.4, 0.5) is 9.59 Å². The molecule has 0 aromatic heterocycles. The Morgan fingerprint density at radius 1 is 0.697 bits per heavy atom. The Kier molecular flexibility index (Phi) is 22.8. The van der Waals surface area contributed by atoms with Gasteiger partial charge in [0.1, 0.15) is 30.4 Å². The first-order chi connectivity index (χ1) is 36.4. The number of carbonyl (C=O) groups is 8. The number of aliphatic hydroxyl groups excluding tert-OH is 2. The van der Waals surface area contributed by atoms with Crippen molar-refractivity contribution in [2.45, 2.75) is 113 Å². The number of guanidine groups is 2. The van der Waals surface area contributed by atoms with Crippen LogP contribution in [0.25, 0.3) is 0 Å². The number of carboxylic acid groups (broad SMARTS) is 1. The van der Waals surface area contributed by atoms with Crippen LogP contribution in [0, 0.1) is 0 Å². The van der Waals surface area contributed by atoms with E-state index >= 15 is 0 Å². The van der Waals surface area contributed by atoms with Crippen molar-refractivity contribution >= 4 is 59.5 Å². The first kappa shape index (κ1) is 59.1. The van der Waals surface area contributed by atoms with Crippen LogP contribution in [-0.2, 0) is 41.7 Å². The number of urea groups is 2. The molecule has 28 nitrogen and oxygen atoms in total. The van der Waals surface area contributed by atoms with Crippen molar-refractivity contribution in [1.29, 1.82) is 0 Å². The first-order valence-electron chi connectivity index (χ1n) is 25.3. The molecule has 0 bridgehead atoms. The fourth-order valence-electron chi connectivity index (χ4n) is 9.11. The maximum absolute atomic E-state index is 14.1. The second-order valence-electron chi connectivity index (χ2n) is 18.6. The summed E-state index contributed by atoms with van der Waals surface area (Å²) in [5, 5.41) is 45.6. The largest absolute Gasteiger partial charge is 0.480 e. The molecule has 3 saturated heterocycles. The molecule has 76 heavy (non-hydrogen) atoms. The summed E-state index contributed by atoms with van der Waals surface area (Å²) in [5.74, 6) is -5.17. The zero-order chi connectivity index (χ0) is 55.3. The van der Waals surface area contributed by atoms with Crippen LogP contribution in [0.1, 0.15) is 68.9 Å². The summed E-state index contributed by atoms with van der Waals surface area (Å²) < 4.78 is 0. The summed E-state index contributed by atoms with van der Waals surface area (Å²) in [5.41, 5.74) is 31.4. The highest BCUT2D eigenvalue weighted by Crippen LogP contribution is 2.25. The number of aliphatic hydroxyl groups is 2. The molecule has 3 aliphatic heterocycles. The molecule has 1 unspecified atom stereocenters. The van der Waals surface area contributed by atoms with E-state index in [9.17, 15) is 53.7 Å². The molecule has 28 heteroatoms. The van der Waals surface area contributed by atoms with Gasteiger partial charge in [0, 0.05) is 45.7 Å². The molecule has 0 spiro atoms. The minimum atomic E-state index is -1.62. The zero-order valence-electron chi connectivity index (χ0n) is 42.4. The average molecular weight is 1060 g/mol. The maximum Gasteiger partial charge on any atom is 0.339 e. The lowest BCUT2D eigenvalue weighted by Gasteiger charge is -2.36. The van der Waals surface area contributed by atoms with Crippen LogP contribution in [-0.4, -0.2) is 195 Å². The number of benzene rings is 2. The summed E-state index contributed by atoms with van der Waals surface area (Å²) in [6, 6.07) is 8.57. The molecule has 3 heterocycles.